The number of Topliss-reactive ketones (excluding diaryl/α,β-unsaturated/α-hetero) is 2. The van der Waals surface area contributed by atoms with Crippen LogP contribution in [0.5, 0.6) is 0 Å². The SMILES string of the molecule is CCCC(=O)C(=O)C(c1cccs1)C(F)(F)F. The molecule has 1 atom stereocenters. The third-order valence-electron chi connectivity index (χ3n) is 2.17. The van der Waals surface area contributed by atoms with E-state index < -0.39 is 23.7 Å². The molecular formula is C11H11F3O2S. The lowest BCUT2D eigenvalue weighted by atomic mass is 9.96. The van der Waals surface area contributed by atoms with E-state index >= 15 is 0 Å². The van der Waals surface area contributed by atoms with Crippen molar-refractivity contribution in [2.45, 2.75) is 31.9 Å². The van der Waals surface area contributed by atoms with Gasteiger partial charge in [-0.3, -0.25) is 9.59 Å². The molecule has 0 radical (unpaired) electrons. The summed E-state index contributed by atoms with van der Waals surface area (Å²) in [6.07, 6.45) is -4.50. The van der Waals surface area contributed by atoms with Gasteiger partial charge >= 0.3 is 6.18 Å². The van der Waals surface area contributed by atoms with E-state index in [-0.39, 0.29) is 11.3 Å². The zero-order chi connectivity index (χ0) is 13.1. The first kappa shape index (κ1) is 13.9. The Hall–Kier alpha value is -1.17. The van der Waals surface area contributed by atoms with Gasteiger partial charge in [0.25, 0.3) is 0 Å². The summed E-state index contributed by atoms with van der Waals surface area (Å²) in [6.45, 7) is 1.64. The zero-order valence-corrected chi connectivity index (χ0v) is 9.90. The topological polar surface area (TPSA) is 34.1 Å². The average molecular weight is 264 g/mol. The molecule has 0 fully saturated rings. The fraction of sp³-hybridized carbons (Fsp3) is 0.455. The van der Waals surface area contributed by atoms with E-state index in [9.17, 15) is 22.8 Å². The number of rotatable bonds is 5. The molecule has 1 aromatic heterocycles. The minimum Gasteiger partial charge on any atom is -0.291 e. The number of carbonyl (C=O) groups is 2. The van der Waals surface area contributed by atoms with Crippen molar-refractivity contribution < 1.29 is 22.8 Å². The van der Waals surface area contributed by atoms with Gasteiger partial charge in [-0.2, -0.15) is 13.2 Å². The molecule has 0 aliphatic carbocycles. The van der Waals surface area contributed by atoms with Crippen LogP contribution < -0.4 is 0 Å². The minimum atomic E-state index is -4.72. The Morgan fingerprint density at radius 2 is 2.06 bits per heavy atom. The van der Waals surface area contributed by atoms with Crippen molar-refractivity contribution in [3.63, 3.8) is 0 Å². The van der Waals surface area contributed by atoms with Gasteiger partial charge in [-0.1, -0.05) is 13.0 Å². The molecule has 1 aromatic rings. The summed E-state index contributed by atoms with van der Waals surface area (Å²) in [5, 5.41) is 1.45. The Morgan fingerprint density at radius 1 is 1.41 bits per heavy atom. The van der Waals surface area contributed by atoms with Crippen molar-refractivity contribution in [1.82, 2.24) is 0 Å². The van der Waals surface area contributed by atoms with Gasteiger partial charge in [0.05, 0.1) is 0 Å². The van der Waals surface area contributed by atoms with Crippen molar-refractivity contribution in [3.8, 4) is 0 Å². The van der Waals surface area contributed by atoms with Gasteiger partial charge in [-0.05, 0) is 17.9 Å². The lowest BCUT2D eigenvalue weighted by Gasteiger charge is -2.16. The second kappa shape index (κ2) is 5.44. The summed E-state index contributed by atoms with van der Waals surface area (Å²) in [6, 6.07) is 2.65. The van der Waals surface area contributed by atoms with Gasteiger partial charge in [0, 0.05) is 11.3 Å². The second-order valence-electron chi connectivity index (χ2n) is 3.53. The monoisotopic (exact) mass is 264 g/mol. The van der Waals surface area contributed by atoms with Crippen LogP contribution in [0.3, 0.4) is 0 Å². The Kier molecular flexibility index (Phi) is 4.45. The normalized spacial score (nSPS) is 13.4. The number of alkyl halides is 3. The van der Waals surface area contributed by atoms with E-state index in [1.807, 2.05) is 0 Å². The van der Waals surface area contributed by atoms with Crippen LogP contribution in [0.4, 0.5) is 13.2 Å². The van der Waals surface area contributed by atoms with Crippen molar-refractivity contribution in [2.75, 3.05) is 0 Å². The van der Waals surface area contributed by atoms with Crippen LogP contribution in [-0.4, -0.2) is 17.7 Å². The number of hydrogen-bond donors (Lipinski definition) is 0. The Morgan fingerprint density at radius 3 is 2.47 bits per heavy atom. The van der Waals surface area contributed by atoms with Gasteiger partial charge in [0.2, 0.25) is 5.78 Å². The maximum Gasteiger partial charge on any atom is 0.403 e. The maximum atomic E-state index is 12.8. The maximum absolute atomic E-state index is 12.8. The molecule has 1 unspecified atom stereocenters. The molecule has 0 spiro atoms. The Labute approximate surface area is 100 Å². The molecule has 0 saturated heterocycles. The van der Waals surface area contributed by atoms with Crippen molar-refractivity contribution >= 4 is 22.9 Å². The van der Waals surface area contributed by atoms with Crippen molar-refractivity contribution in [2.24, 2.45) is 0 Å². The van der Waals surface area contributed by atoms with E-state index in [1.54, 1.807) is 6.92 Å². The highest BCUT2D eigenvalue weighted by Gasteiger charge is 2.48. The molecule has 0 aliphatic rings. The van der Waals surface area contributed by atoms with Crippen LogP contribution in [0.15, 0.2) is 17.5 Å². The van der Waals surface area contributed by atoms with E-state index in [0.29, 0.717) is 6.42 Å². The average Bonchev–Trinajstić information content (AvgIpc) is 2.69. The van der Waals surface area contributed by atoms with E-state index in [4.69, 9.17) is 0 Å². The first-order valence-corrected chi connectivity index (χ1v) is 5.93. The van der Waals surface area contributed by atoms with Crippen LogP contribution in [0.1, 0.15) is 30.6 Å². The standard InChI is InChI=1S/C11H11F3O2S/c1-2-4-7(15)10(16)9(11(12,13)14)8-5-3-6-17-8/h3,5-6,9H,2,4H2,1H3. The number of thiophene rings is 1. The first-order valence-electron chi connectivity index (χ1n) is 5.05. The molecule has 0 N–H and O–H groups in total. The van der Waals surface area contributed by atoms with Crippen LogP contribution in [0.25, 0.3) is 0 Å². The molecule has 6 heteroatoms. The van der Waals surface area contributed by atoms with Gasteiger partial charge in [-0.25, -0.2) is 0 Å². The summed E-state index contributed by atoms with van der Waals surface area (Å²) in [7, 11) is 0. The summed E-state index contributed by atoms with van der Waals surface area (Å²) < 4.78 is 38.3. The largest absolute Gasteiger partial charge is 0.403 e. The molecule has 1 heterocycles. The van der Waals surface area contributed by atoms with Gasteiger partial charge in [0.1, 0.15) is 0 Å². The van der Waals surface area contributed by atoms with Gasteiger partial charge < -0.3 is 0 Å². The summed E-state index contributed by atoms with van der Waals surface area (Å²) in [5.41, 5.74) is 0. The Balaban J connectivity index is 3.01. The van der Waals surface area contributed by atoms with Crippen molar-refractivity contribution in [3.05, 3.63) is 22.4 Å². The van der Waals surface area contributed by atoms with E-state index in [1.165, 1.54) is 17.5 Å². The molecule has 0 amide bonds. The summed E-state index contributed by atoms with van der Waals surface area (Å²) >= 11 is 0.829. The van der Waals surface area contributed by atoms with Crippen LogP contribution >= 0.6 is 11.3 Å². The third-order valence-corrected chi connectivity index (χ3v) is 3.11. The quantitative estimate of drug-likeness (QED) is 0.764. The zero-order valence-electron chi connectivity index (χ0n) is 9.08. The summed E-state index contributed by atoms with van der Waals surface area (Å²) in [5.74, 6) is -4.62. The molecule has 1 rings (SSSR count). The molecule has 0 aliphatic heterocycles. The second-order valence-corrected chi connectivity index (χ2v) is 4.51. The van der Waals surface area contributed by atoms with Gasteiger partial charge in [-0.15, -0.1) is 11.3 Å². The third kappa shape index (κ3) is 3.39. The predicted molar refractivity (Wildman–Crippen MR) is 58.0 cm³/mol. The minimum absolute atomic E-state index is 0.132. The fourth-order valence-corrected chi connectivity index (χ4v) is 2.25. The highest BCUT2D eigenvalue weighted by Crippen LogP contribution is 2.38. The smallest absolute Gasteiger partial charge is 0.291 e. The Bertz CT molecular complexity index is 395. The molecule has 0 bridgehead atoms. The number of halogens is 3. The van der Waals surface area contributed by atoms with Crippen molar-refractivity contribution in [1.29, 1.82) is 0 Å². The fourth-order valence-electron chi connectivity index (χ4n) is 1.41. The lowest BCUT2D eigenvalue weighted by Crippen LogP contribution is -2.32. The number of ketones is 2. The molecule has 17 heavy (non-hydrogen) atoms. The first-order chi connectivity index (χ1) is 7.88. The molecule has 0 aromatic carbocycles. The van der Waals surface area contributed by atoms with Crippen LogP contribution in [0, 0.1) is 0 Å². The lowest BCUT2D eigenvalue weighted by molar-refractivity contribution is -0.166. The number of hydrogen-bond acceptors (Lipinski definition) is 3. The van der Waals surface area contributed by atoms with E-state index in [2.05, 4.69) is 0 Å². The highest BCUT2D eigenvalue weighted by molar-refractivity contribution is 7.10. The highest BCUT2D eigenvalue weighted by atomic mass is 32.1. The molecule has 94 valence electrons. The predicted octanol–water partition coefficient (Wildman–Crippen LogP) is 3.33. The molecule has 0 saturated carbocycles. The van der Waals surface area contributed by atoms with E-state index in [0.717, 1.165) is 11.3 Å². The summed E-state index contributed by atoms with van der Waals surface area (Å²) in [4.78, 5) is 22.7. The molecular weight excluding hydrogens is 253 g/mol. The number of carbonyl (C=O) groups excluding carboxylic acids is 2. The van der Waals surface area contributed by atoms with Crippen LogP contribution in [-0.2, 0) is 9.59 Å². The molecule has 2 nitrogen and oxygen atoms in total. The van der Waals surface area contributed by atoms with Crippen LogP contribution in [0.2, 0.25) is 0 Å². The van der Waals surface area contributed by atoms with Gasteiger partial charge in [0.15, 0.2) is 11.7 Å².